The van der Waals surface area contributed by atoms with E-state index < -0.39 is 5.97 Å². The van der Waals surface area contributed by atoms with E-state index in [4.69, 9.17) is 9.72 Å². The Hall–Kier alpha value is -3.79. The highest BCUT2D eigenvalue weighted by Crippen LogP contribution is 2.27. The number of nitrogens with zero attached hydrogens (tertiary/aromatic N) is 1. The van der Waals surface area contributed by atoms with E-state index in [1.54, 1.807) is 12.1 Å². The third-order valence-corrected chi connectivity index (χ3v) is 5.49. The second-order valence-electron chi connectivity index (χ2n) is 7.69. The van der Waals surface area contributed by atoms with Gasteiger partial charge in [0.1, 0.15) is 0 Å². The molecule has 4 rings (SSSR count). The number of carbonyl (C=O) groups is 2. The van der Waals surface area contributed by atoms with Crippen LogP contribution in [0.2, 0.25) is 0 Å². The van der Waals surface area contributed by atoms with Gasteiger partial charge in [-0.2, -0.15) is 0 Å². The molecule has 3 aromatic carbocycles. The van der Waals surface area contributed by atoms with Gasteiger partial charge in [-0.25, -0.2) is 9.78 Å². The molecule has 4 aromatic rings. The smallest absolute Gasteiger partial charge is 0.339 e. The van der Waals surface area contributed by atoms with Crippen LogP contribution in [-0.2, 0) is 4.74 Å². The molecule has 0 saturated heterocycles. The van der Waals surface area contributed by atoms with Crippen LogP contribution in [0, 0.1) is 20.8 Å². The maximum atomic E-state index is 13.0. The zero-order chi connectivity index (χ0) is 22.0. The van der Waals surface area contributed by atoms with E-state index in [1.807, 2.05) is 81.4 Å². The quantitative estimate of drug-likeness (QED) is 0.306. The van der Waals surface area contributed by atoms with Crippen molar-refractivity contribution in [3.05, 3.63) is 101 Å². The number of Topliss-reactive ketones (excluding diaryl/α,β-unsaturated/α-hetero) is 1. The summed E-state index contributed by atoms with van der Waals surface area (Å²) < 4.78 is 5.44. The van der Waals surface area contributed by atoms with Crippen molar-refractivity contribution in [3.8, 4) is 11.3 Å². The van der Waals surface area contributed by atoms with Crippen LogP contribution in [0.15, 0.2) is 72.8 Å². The lowest BCUT2D eigenvalue weighted by atomic mass is 10.0. The number of carbonyl (C=O) groups excluding carboxylic acids is 2. The number of rotatable bonds is 5. The fourth-order valence-corrected chi connectivity index (χ4v) is 3.52. The maximum absolute atomic E-state index is 13.0. The molecule has 0 fully saturated rings. The van der Waals surface area contributed by atoms with Gasteiger partial charge in [0.2, 0.25) is 0 Å². The van der Waals surface area contributed by atoms with E-state index >= 15 is 0 Å². The molecule has 0 aliphatic rings. The second-order valence-corrected chi connectivity index (χ2v) is 7.69. The van der Waals surface area contributed by atoms with Gasteiger partial charge in [0.05, 0.1) is 16.8 Å². The van der Waals surface area contributed by atoms with E-state index in [9.17, 15) is 9.59 Å². The van der Waals surface area contributed by atoms with Gasteiger partial charge in [0, 0.05) is 16.5 Å². The van der Waals surface area contributed by atoms with Crippen molar-refractivity contribution >= 4 is 22.7 Å². The summed E-state index contributed by atoms with van der Waals surface area (Å²) in [7, 11) is 0. The summed E-state index contributed by atoms with van der Waals surface area (Å²) in [6.07, 6.45) is 0. The molecule has 0 radical (unpaired) electrons. The van der Waals surface area contributed by atoms with Crippen molar-refractivity contribution in [1.29, 1.82) is 0 Å². The maximum Gasteiger partial charge on any atom is 0.339 e. The molecule has 0 bridgehead atoms. The van der Waals surface area contributed by atoms with E-state index in [0.717, 1.165) is 27.8 Å². The number of para-hydroxylation sites is 1. The SMILES string of the molecule is Cc1ccc(C(=O)COC(=O)c2cc(-c3ccccc3)nc3c(C)cccc23)cc1C. The minimum atomic E-state index is -0.535. The molecule has 0 aliphatic carbocycles. The van der Waals surface area contributed by atoms with Crippen LogP contribution in [0.25, 0.3) is 22.2 Å². The van der Waals surface area contributed by atoms with Crippen LogP contribution in [0.3, 0.4) is 0 Å². The average Bonchev–Trinajstić information content (AvgIpc) is 2.79. The van der Waals surface area contributed by atoms with Crippen LogP contribution in [0.5, 0.6) is 0 Å². The molecule has 1 heterocycles. The van der Waals surface area contributed by atoms with Gasteiger partial charge in [-0.15, -0.1) is 0 Å². The summed E-state index contributed by atoms with van der Waals surface area (Å²) >= 11 is 0. The predicted octanol–water partition coefficient (Wildman–Crippen LogP) is 5.87. The van der Waals surface area contributed by atoms with E-state index in [0.29, 0.717) is 22.2 Å². The van der Waals surface area contributed by atoms with Gasteiger partial charge in [0.25, 0.3) is 0 Å². The van der Waals surface area contributed by atoms with Crippen LogP contribution in [0.4, 0.5) is 0 Å². The zero-order valence-electron chi connectivity index (χ0n) is 17.8. The fraction of sp³-hybridized carbons (Fsp3) is 0.148. The largest absolute Gasteiger partial charge is 0.454 e. The minimum Gasteiger partial charge on any atom is -0.454 e. The molecule has 0 atom stereocenters. The van der Waals surface area contributed by atoms with Crippen molar-refractivity contribution < 1.29 is 14.3 Å². The van der Waals surface area contributed by atoms with E-state index in [2.05, 4.69) is 0 Å². The second kappa shape index (κ2) is 8.52. The van der Waals surface area contributed by atoms with Gasteiger partial charge in [-0.3, -0.25) is 4.79 Å². The molecular formula is C27H23NO3. The average molecular weight is 409 g/mol. The Bertz CT molecular complexity index is 1290. The van der Waals surface area contributed by atoms with Crippen molar-refractivity contribution in [2.75, 3.05) is 6.61 Å². The number of hydrogen-bond donors (Lipinski definition) is 0. The molecule has 4 nitrogen and oxygen atoms in total. The molecule has 0 saturated carbocycles. The van der Waals surface area contributed by atoms with E-state index in [1.165, 1.54) is 0 Å². The number of aryl methyl sites for hydroxylation is 3. The number of pyridine rings is 1. The number of aromatic nitrogens is 1. The number of hydrogen-bond acceptors (Lipinski definition) is 4. The Kier molecular flexibility index (Phi) is 5.63. The van der Waals surface area contributed by atoms with Crippen molar-refractivity contribution in [3.63, 3.8) is 0 Å². The highest BCUT2D eigenvalue weighted by molar-refractivity contribution is 6.06. The molecule has 0 spiro atoms. The number of esters is 1. The first-order valence-electron chi connectivity index (χ1n) is 10.2. The first-order chi connectivity index (χ1) is 14.9. The topological polar surface area (TPSA) is 56.3 Å². The lowest BCUT2D eigenvalue weighted by molar-refractivity contribution is 0.0476. The normalized spacial score (nSPS) is 10.8. The lowest BCUT2D eigenvalue weighted by Gasteiger charge is -2.11. The van der Waals surface area contributed by atoms with Crippen molar-refractivity contribution in [2.45, 2.75) is 20.8 Å². The molecular weight excluding hydrogens is 386 g/mol. The third kappa shape index (κ3) is 4.24. The summed E-state index contributed by atoms with van der Waals surface area (Å²) in [4.78, 5) is 30.3. The molecule has 31 heavy (non-hydrogen) atoms. The Morgan fingerprint density at radius 1 is 0.806 bits per heavy atom. The number of ketones is 1. The Balaban J connectivity index is 1.66. The van der Waals surface area contributed by atoms with Crippen LogP contribution in [0.1, 0.15) is 37.4 Å². The highest BCUT2D eigenvalue weighted by atomic mass is 16.5. The summed E-state index contributed by atoms with van der Waals surface area (Å²) in [5.41, 5.74) is 6.40. The first-order valence-corrected chi connectivity index (χ1v) is 10.2. The fourth-order valence-electron chi connectivity index (χ4n) is 3.52. The van der Waals surface area contributed by atoms with Crippen LogP contribution >= 0.6 is 0 Å². The molecule has 1 aromatic heterocycles. The predicted molar refractivity (Wildman–Crippen MR) is 122 cm³/mol. The lowest BCUT2D eigenvalue weighted by Crippen LogP contribution is -2.15. The molecule has 0 unspecified atom stereocenters. The van der Waals surface area contributed by atoms with Gasteiger partial charge in [0.15, 0.2) is 12.4 Å². The summed E-state index contributed by atoms with van der Waals surface area (Å²) in [6.45, 7) is 5.60. The molecule has 4 heteroatoms. The van der Waals surface area contributed by atoms with Crippen LogP contribution in [-0.4, -0.2) is 23.3 Å². The van der Waals surface area contributed by atoms with E-state index in [-0.39, 0.29) is 12.4 Å². The number of fused-ring (bicyclic) bond motifs is 1. The Morgan fingerprint density at radius 3 is 2.32 bits per heavy atom. The first kappa shape index (κ1) is 20.5. The molecule has 154 valence electrons. The molecule has 0 amide bonds. The monoisotopic (exact) mass is 409 g/mol. The third-order valence-electron chi connectivity index (χ3n) is 5.49. The summed E-state index contributed by atoms with van der Waals surface area (Å²) in [6, 6.07) is 22.6. The van der Waals surface area contributed by atoms with Gasteiger partial charge in [-0.1, -0.05) is 60.7 Å². The molecule has 0 N–H and O–H groups in total. The minimum absolute atomic E-state index is 0.228. The summed E-state index contributed by atoms with van der Waals surface area (Å²) in [5.74, 6) is -0.762. The zero-order valence-corrected chi connectivity index (χ0v) is 17.8. The Morgan fingerprint density at radius 2 is 1.58 bits per heavy atom. The number of ether oxygens (including phenoxy) is 1. The summed E-state index contributed by atoms with van der Waals surface area (Å²) in [5, 5.41) is 0.711. The highest BCUT2D eigenvalue weighted by Gasteiger charge is 2.18. The van der Waals surface area contributed by atoms with Gasteiger partial charge < -0.3 is 4.74 Å². The molecule has 0 aliphatic heterocycles. The van der Waals surface area contributed by atoms with Gasteiger partial charge >= 0.3 is 5.97 Å². The van der Waals surface area contributed by atoms with Crippen LogP contribution < -0.4 is 0 Å². The number of benzene rings is 3. The van der Waals surface area contributed by atoms with Crippen molar-refractivity contribution in [2.24, 2.45) is 0 Å². The van der Waals surface area contributed by atoms with Gasteiger partial charge in [-0.05, 0) is 49.6 Å². The van der Waals surface area contributed by atoms with Crippen molar-refractivity contribution in [1.82, 2.24) is 4.98 Å². The Labute approximate surface area is 181 Å². The standard InChI is InChI=1S/C27H23NO3/c1-17-12-13-21(14-19(17)3)25(29)16-31-27(30)23-15-24(20-9-5-4-6-10-20)28-26-18(2)8-7-11-22(23)26/h4-15H,16H2,1-3H3.